The van der Waals surface area contributed by atoms with Gasteiger partial charge in [0.1, 0.15) is 11.4 Å². The van der Waals surface area contributed by atoms with E-state index in [1.807, 2.05) is 44.0 Å². The van der Waals surface area contributed by atoms with Gasteiger partial charge in [0.2, 0.25) is 0 Å². The molecule has 2 N–H and O–H groups in total. The average Bonchev–Trinajstić information content (AvgIpc) is 2.46. The highest BCUT2D eigenvalue weighted by atomic mass is 16.6. The summed E-state index contributed by atoms with van der Waals surface area (Å²) >= 11 is 0. The maximum Gasteiger partial charge on any atom is 0.410 e. The van der Waals surface area contributed by atoms with E-state index >= 15 is 0 Å². The standard InChI is InChI=1S/C18H28N4O2/c1-17(2,3)24-16(23)22-12-18(13-22)6-8-21(9-7-18)11-14-4-5-15(19)20-10-14/h4-5,10H,6-9,11-13H2,1-3H3,(H2,19,20). The van der Waals surface area contributed by atoms with Crippen molar-refractivity contribution in [3.63, 3.8) is 0 Å². The van der Waals surface area contributed by atoms with Crippen molar-refractivity contribution < 1.29 is 9.53 Å². The van der Waals surface area contributed by atoms with Gasteiger partial charge in [-0.15, -0.1) is 0 Å². The molecule has 1 aromatic heterocycles. The van der Waals surface area contributed by atoms with Gasteiger partial charge in [0.05, 0.1) is 0 Å². The van der Waals surface area contributed by atoms with Crippen LogP contribution in [0.2, 0.25) is 0 Å². The molecule has 1 spiro atoms. The van der Waals surface area contributed by atoms with Gasteiger partial charge in [0.15, 0.2) is 0 Å². The molecule has 2 aliphatic rings. The Bertz CT molecular complexity index is 578. The molecule has 0 saturated carbocycles. The largest absolute Gasteiger partial charge is 0.444 e. The number of aromatic nitrogens is 1. The maximum atomic E-state index is 12.1. The summed E-state index contributed by atoms with van der Waals surface area (Å²) < 4.78 is 5.44. The van der Waals surface area contributed by atoms with Crippen LogP contribution in [0.25, 0.3) is 0 Å². The van der Waals surface area contributed by atoms with E-state index in [1.54, 1.807) is 0 Å². The number of hydrogen-bond donors (Lipinski definition) is 1. The van der Waals surface area contributed by atoms with Crippen molar-refractivity contribution >= 4 is 11.9 Å². The fraction of sp³-hybridized carbons (Fsp3) is 0.667. The highest BCUT2D eigenvalue weighted by Gasteiger charge is 2.47. The minimum atomic E-state index is -0.420. The lowest BCUT2D eigenvalue weighted by molar-refractivity contribution is -0.0601. The van der Waals surface area contributed by atoms with Gasteiger partial charge in [-0.2, -0.15) is 0 Å². The van der Waals surface area contributed by atoms with Crippen molar-refractivity contribution in [2.45, 2.75) is 45.8 Å². The molecule has 2 saturated heterocycles. The number of amides is 1. The minimum absolute atomic E-state index is 0.177. The number of piperidine rings is 1. The first kappa shape index (κ1) is 17.0. The van der Waals surface area contributed by atoms with Gasteiger partial charge in [-0.05, 0) is 58.3 Å². The number of carbonyl (C=O) groups is 1. The lowest BCUT2D eigenvalue weighted by Gasteiger charge is -2.53. The van der Waals surface area contributed by atoms with Crippen LogP contribution in [0.5, 0.6) is 0 Å². The van der Waals surface area contributed by atoms with Crippen molar-refractivity contribution in [1.82, 2.24) is 14.8 Å². The van der Waals surface area contributed by atoms with Crippen molar-refractivity contribution in [3.05, 3.63) is 23.9 Å². The van der Waals surface area contributed by atoms with Crippen LogP contribution < -0.4 is 5.73 Å². The Hall–Kier alpha value is -1.82. The second kappa shape index (κ2) is 6.24. The Labute approximate surface area is 144 Å². The number of nitrogens with two attached hydrogens (primary N) is 1. The first-order chi connectivity index (χ1) is 11.2. The van der Waals surface area contributed by atoms with Gasteiger partial charge in [0, 0.05) is 31.2 Å². The van der Waals surface area contributed by atoms with Crippen LogP contribution in [0.3, 0.4) is 0 Å². The molecule has 3 rings (SSSR count). The number of hydrogen-bond acceptors (Lipinski definition) is 5. The van der Waals surface area contributed by atoms with Crippen LogP contribution in [0.4, 0.5) is 10.6 Å². The molecule has 3 heterocycles. The number of anilines is 1. The minimum Gasteiger partial charge on any atom is -0.444 e. The van der Waals surface area contributed by atoms with E-state index in [9.17, 15) is 4.79 Å². The van der Waals surface area contributed by atoms with E-state index < -0.39 is 5.60 Å². The Morgan fingerprint density at radius 3 is 2.50 bits per heavy atom. The zero-order valence-electron chi connectivity index (χ0n) is 14.9. The molecule has 2 fully saturated rings. The van der Waals surface area contributed by atoms with Crippen LogP contribution in [-0.2, 0) is 11.3 Å². The number of pyridine rings is 1. The van der Waals surface area contributed by atoms with E-state index in [1.165, 1.54) is 5.56 Å². The SMILES string of the molecule is CC(C)(C)OC(=O)N1CC2(CCN(Cc3ccc(N)nc3)CC2)C1. The molecule has 6 nitrogen and oxygen atoms in total. The van der Waals surface area contributed by atoms with Gasteiger partial charge in [-0.1, -0.05) is 6.07 Å². The summed E-state index contributed by atoms with van der Waals surface area (Å²) in [5.74, 6) is 0.563. The van der Waals surface area contributed by atoms with Crippen LogP contribution in [0.1, 0.15) is 39.2 Å². The maximum absolute atomic E-state index is 12.1. The van der Waals surface area contributed by atoms with Gasteiger partial charge in [-0.3, -0.25) is 4.90 Å². The van der Waals surface area contributed by atoms with Crippen LogP contribution in [0.15, 0.2) is 18.3 Å². The van der Waals surface area contributed by atoms with Crippen LogP contribution in [-0.4, -0.2) is 52.7 Å². The number of rotatable bonds is 2. The fourth-order valence-electron chi connectivity index (χ4n) is 3.51. The molecule has 0 radical (unpaired) electrons. The summed E-state index contributed by atoms with van der Waals surface area (Å²) in [6.07, 6.45) is 3.94. The van der Waals surface area contributed by atoms with E-state index in [2.05, 4.69) is 9.88 Å². The topological polar surface area (TPSA) is 71.7 Å². The zero-order valence-corrected chi connectivity index (χ0v) is 14.9. The molecule has 2 aliphatic heterocycles. The molecule has 0 aliphatic carbocycles. The van der Waals surface area contributed by atoms with Crippen molar-refractivity contribution in [1.29, 1.82) is 0 Å². The Kier molecular flexibility index (Phi) is 4.42. The third-order valence-electron chi connectivity index (χ3n) is 4.87. The number of ether oxygens (including phenoxy) is 1. The molecule has 1 amide bonds. The third kappa shape index (κ3) is 3.98. The number of carbonyl (C=O) groups excluding carboxylic acids is 1. The molecule has 1 aromatic rings. The second-order valence-electron chi connectivity index (χ2n) is 8.20. The smallest absolute Gasteiger partial charge is 0.410 e. The average molecular weight is 332 g/mol. The molecule has 0 atom stereocenters. The summed E-state index contributed by atoms with van der Waals surface area (Å²) in [4.78, 5) is 20.5. The lowest BCUT2D eigenvalue weighted by Crippen LogP contribution is -2.62. The molecular weight excluding hydrogens is 304 g/mol. The normalized spacial score (nSPS) is 20.7. The molecule has 6 heteroatoms. The highest BCUT2D eigenvalue weighted by Crippen LogP contribution is 2.41. The second-order valence-corrected chi connectivity index (χ2v) is 8.20. The lowest BCUT2D eigenvalue weighted by atomic mass is 9.72. The van der Waals surface area contributed by atoms with Crippen LogP contribution in [0, 0.1) is 5.41 Å². The summed E-state index contributed by atoms with van der Waals surface area (Å²) in [7, 11) is 0. The molecule has 0 aromatic carbocycles. The molecule has 0 unspecified atom stereocenters. The Morgan fingerprint density at radius 2 is 1.96 bits per heavy atom. The van der Waals surface area contributed by atoms with Gasteiger partial charge in [-0.25, -0.2) is 9.78 Å². The fourth-order valence-corrected chi connectivity index (χ4v) is 3.51. The van der Waals surface area contributed by atoms with E-state index in [0.717, 1.165) is 45.6 Å². The van der Waals surface area contributed by atoms with E-state index in [-0.39, 0.29) is 6.09 Å². The predicted molar refractivity (Wildman–Crippen MR) is 93.4 cm³/mol. The van der Waals surface area contributed by atoms with Gasteiger partial charge >= 0.3 is 6.09 Å². The molecular formula is C18H28N4O2. The molecule has 0 bridgehead atoms. The van der Waals surface area contributed by atoms with Crippen molar-refractivity contribution in [3.8, 4) is 0 Å². The summed E-state index contributed by atoms with van der Waals surface area (Å²) in [6.45, 7) is 10.4. The van der Waals surface area contributed by atoms with E-state index in [4.69, 9.17) is 10.5 Å². The Morgan fingerprint density at radius 1 is 1.29 bits per heavy atom. The predicted octanol–water partition coefficient (Wildman–Crippen LogP) is 2.50. The summed E-state index contributed by atoms with van der Waals surface area (Å²) in [5.41, 5.74) is 6.71. The van der Waals surface area contributed by atoms with Gasteiger partial charge < -0.3 is 15.4 Å². The van der Waals surface area contributed by atoms with Crippen molar-refractivity contribution in [2.75, 3.05) is 31.9 Å². The monoisotopic (exact) mass is 332 g/mol. The van der Waals surface area contributed by atoms with Crippen molar-refractivity contribution in [2.24, 2.45) is 5.41 Å². The molecule has 24 heavy (non-hydrogen) atoms. The summed E-state index contributed by atoms with van der Waals surface area (Å²) in [6, 6.07) is 3.89. The van der Waals surface area contributed by atoms with E-state index in [0.29, 0.717) is 11.2 Å². The number of nitrogens with zero attached hydrogens (tertiary/aromatic N) is 3. The zero-order chi connectivity index (χ0) is 17.4. The highest BCUT2D eigenvalue weighted by molar-refractivity contribution is 5.69. The number of likely N-dealkylation sites (tertiary alicyclic amines) is 2. The first-order valence-electron chi connectivity index (χ1n) is 8.65. The van der Waals surface area contributed by atoms with Gasteiger partial charge in [0.25, 0.3) is 0 Å². The first-order valence-corrected chi connectivity index (χ1v) is 8.65. The third-order valence-corrected chi connectivity index (χ3v) is 4.87. The number of nitrogen functional groups attached to an aromatic ring is 1. The van der Waals surface area contributed by atoms with Crippen LogP contribution >= 0.6 is 0 Å². The Balaban J connectivity index is 1.45. The molecule has 132 valence electrons. The quantitative estimate of drug-likeness (QED) is 0.901. The summed E-state index contributed by atoms with van der Waals surface area (Å²) in [5, 5.41) is 0.